The van der Waals surface area contributed by atoms with Crippen LogP contribution in [0.5, 0.6) is 0 Å². The maximum Gasteiger partial charge on any atom is 0.0926 e. The summed E-state index contributed by atoms with van der Waals surface area (Å²) in [6, 6.07) is 0.108. The molecule has 16 heavy (non-hydrogen) atoms. The van der Waals surface area contributed by atoms with Crippen LogP contribution in [0.4, 0.5) is 0 Å². The molecule has 4 nitrogen and oxygen atoms in total. The zero-order valence-electron chi connectivity index (χ0n) is 9.85. The summed E-state index contributed by atoms with van der Waals surface area (Å²) in [6.07, 6.45) is 5.42. The lowest BCUT2D eigenvalue weighted by molar-refractivity contribution is 0.112. The third-order valence-electron chi connectivity index (χ3n) is 4.12. The Morgan fingerprint density at radius 3 is 2.44 bits per heavy atom. The molecule has 92 valence electrons. The van der Waals surface area contributed by atoms with Crippen molar-refractivity contribution in [2.45, 2.75) is 38.1 Å². The van der Waals surface area contributed by atoms with E-state index in [4.69, 9.17) is 5.11 Å². The van der Waals surface area contributed by atoms with E-state index in [0.717, 1.165) is 31.7 Å². The first-order chi connectivity index (χ1) is 7.81. The molecule has 2 aliphatic rings. The van der Waals surface area contributed by atoms with Crippen LogP contribution >= 0.6 is 0 Å². The van der Waals surface area contributed by atoms with Gasteiger partial charge >= 0.3 is 0 Å². The monoisotopic (exact) mass is 226 g/mol. The van der Waals surface area contributed by atoms with Crippen LogP contribution in [0.3, 0.4) is 0 Å². The maximum atomic E-state index is 10.3. The van der Waals surface area contributed by atoms with Crippen LogP contribution in [-0.2, 0) is 0 Å². The maximum absolute atomic E-state index is 10.3. The van der Waals surface area contributed by atoms with Gasteiger partial charge in [-0.2, -0.15) is 4.91 Å². The zero-order chi connectivity index (χ0) is 11.4. The highest BCUT2D eigenvalue weighted by atomic mass is 16.3. The number of hydrogen-bond donors (Lipinski definition) is 1. The molecule has 0 aromatic heterocycles. The average Bonchev–Trinajstić information content (AvgIpc) is 2.25. The Labute approximate surface area is 97.0 Å². The standard InChI is InChI=1S/C12H22N2O2/c15-6-3-10-1-4-14(5-2-10)9-11-7-12(8-11)13-16/h10-12,15H,1-9H2. The molecule has 2 rings (SSSR count). The van der Waals surface area contributed by atoms with Crippen molar-refractivity contribution in [3.05, 3.63) is 4.91 Å². The minimum Gasteiger partial charge on any atom is -0.396 e. The normalized spacial score (nSPS) is 32.3. The van der Waals surface area contributed by atoms with E-state index in [1.165, 1.54) is 25.9 Å². The number of hydrogen-bond acceptors (Lipinski definition) is 4. The fourth-order valence-electron chi connectivity index (χ4n) is 2.94. The molecule has 1 aliphatic heterocycles. The summed E-state index contributed by atoms with van der Waals surface area (Å²) < 4.78 is 0. The van der Waals surface area contributed by atoms with E-state index in [1.807, 2.05) is 0 Å². The van der Waals surface area contributed by atoms with Crippen molar-refractivity contribution in [1.82, 2.24) is 4.90 Å². The second kappa shape index (κ2) is 5.73. The Morgan fingerprint density at radius 1 is 1.19 bits per heavy atom. The van der Waals surface area contributed by atoms with Gasteiger partial charge in [0.05, 0.1) is 6.04 Å². The first-order valence-electron chi connectivity index (χ1n) is 6.47. The minimum absolute atomic E-state index is 0.108. The lowest BCUT2D eigenvalue weighted by atomic mass is 9.80. The molecule has 1 saturated heterocycles. The predicted octanol–water partition coefficient (Wildman–Crippen LogP) is 1.63. The van der Waals surface area contributed by atoms with Crippen molar-refractivity contribution in [1.29, 1.82) is 0 Å². The smallest absolute Gasteiger partial charge is 0.0926 e. The molecule has 2 fully saturated rings. The highest BCUT2D eigenvalue weighted by Gasteiger charge is 2.32. The highest BCUT2D eigenvalue weighted by Crippen LogP contribution is 2.31. The summed E-state index contributed by atoms with van der Waals surface area (Å²) >= 11 is 0. The largest absolute Gasteiger partial charge is 0.396 e. The second-order valence-corrected chi connectivity index (χ2v) is 5.35. The predicted molar refractivity (Wildman–Crippen MR) is 63.2 cm³/mol. The summed E-state index contributed by atoms with van der Waals surface area (Å²) in [5.74, 6) is 1.43. The van der Waals surface area contributed by atoms with Gasteiger partial charge in [0.15, 0.2) is 0 Å². The molecule has 1 heterocycles. The lowest BCUT2D eigenvalue weighted by Gasteiger charge is -2.38. The molecule has 0 atom stereocenters. The van der Waals surface area contributed by atoms with Crippen LogP contribution in [0.1, 0.15) is 32.1 Å². The minimum atomic E-state index is 0.108. The summed E-state index contributed by atoms with van der Waals surface area (Å²) in [5, 5.41) is 12.0. The number of rotatable bonds is 5. The van der Waals surface area contributed by atoms with Gasteiger partial charge in [0.1, 0.15) is 0 Å². The Hall–Kier alpha value is -0.480. The Morgan fingerprint density at radius 2 is 1.88 bits per heavy atom. The van der Waals surface area contributed by atoms with E-state index < -0.39 is 0 Å². The number of nitroso groups, excluding NO2 is 1. The zero-order valence-corrected chi connectivity index (χ0v) is 9.85. The van der Waals surface area contributed by atoms with Crippen molar-refractivity contribution in [2.75, 3.05) is 26.2 Å². The van der Waals surface area contributed by atoms with Gasteiger partial charge < -0.3 is 10.0 Å². The van der Waals surface area contributed by atoms with Crippen LogP contribution in [0.2, 0.25) is 0 Å². The van der Waals surface area contributed by atoms with Crippen molar-refractivity contribution in [2.24, 2.45) is 17.0 Å². The first kappa shape index (κ1) is 12.0. The number of piperidine rings is 1. The Bertz CT molecular complexity index is 221. The summed E-state index contributed by atoms with van der Waals surface area (Å²) in [7, 11) is 0. The lowest BCUT2D eigenvalue weighted by Crippen LogP contribution is -2.41. The SMILES string of the molecule is O=NC1CC(CN2CCC(CCO)CC2)C1. The highest BCUT2D eigenvalue weighted by molar-refractivity contribution is 4.87. The molecular formula is C12H22N2O2. The van der Waals surface area contributed by atoms with Gasteiger partial charge in [-0.15, -0.1) is 0 Å². The summed E-state index contributed by atoms with van der Waals surface area (Å²) in [6.45, 7) is 3.82. The fourth-order valence-corrected chi connectivity index (χ4v) is 2.94. The topological polar surface area (TPSA) is 52.9 Å². The number of likely N-dealkylation sites (tertiary alicyclic amines) is 1. The molecule has 4 heteroatoms. The van der Waals surface area contributed by atoms with Gasteiger partial charge in [0, 0.05) is 13.2 Å². The van der Waals surface area contributed by atoms with Crippen molar-refractivity contribution in [3.63, 3.8) is 0 Å². The van der Waals surface area contributed by atoms with Crippen LogP contribution in [0.15, 0.2) is 5.18 Å². The molecule has 0 bridgehead atoms. The number of aliphatic hydroxyl groups is 1. The van der Waals surface area contributed by atoms with Crippen LogP contribution < -0.4 is 0 Å². The van der Waals surface area contributed by atoms with Gasteiger partial charge in [0.2, 0.25) is 0 Å². The van der Waals surface area contributed by atoms with Crippen molar-refractivity contribution in [3.8, 4) is 0 Å². The molecule has 0 aromatic rings. The molecular weight excluding hydrogens is 204 g/mol. The van der Waals surface area contributed by atoms with E-state index >= 15 is 0 Å². The second-order valence-electron chi connectivity index (χ2n) is 5.35. The van der Waals surface area contributed by atoms with Crippen molar-refractivity contribution < 1.29 is 5.11 Å². The van der Waals surface area contributed by atoms with E-state index in [0.29, 0.717) is 12.5 Å². The van der Waals surface area contributed by atoms with Gasteiger partial charge in [-0.1, -0.05) is 5.18 Å². The van der Waals surface area contributed by atoms with Gasteiger partial charge in [-0.05, 0) is 57.0 Å². The number of aliphatic hydroxyl groups excluding tert-OH is 1. The molecule has 1 N–H and O–H groups in total. The van der Waals surface area contributed by atoms with E-state index in [2.05, 4.69) is 10.1 Å². The third-order valence-corrected chi connectivity index (χ3v) is 4.12. The Balaban J connectivity index is 1.61. The number of nitrogens with zero attached hydrogens (tertiary/aromatic N) is 2. The van der Waals surface area contributed by atoms with E-state index in [9.17, 15) is 4.91 Å². The third kappa shape index (κ3) is 3.01. The van der Waals surface area contributed by atoms with E-state index in [1.54, 1.807) is 0 Å². The van der Waals surface area contributed by atoms with E-state index in [-0.39, 0.29) is 6.04 Å². The van der Waals surface area contributed by atoms with Gasteiger partial charge in [0.25, 0.3) is 0 Å². The average molecular weight is 226 g/mol. The molecule has 0 radical (unpaired) electrons. The molecule has 0 spiro atoms. The quantitative estimate of drug-likeness (QED) is 0.725. The molecule has 1 saturated carbocycles. The molecule has 0 unspecified atom stereocenters. The van der Waals surface area contributed by atoms with Gasteiger partial charge in [-0.25, -0.2) is 0 Å². The molecule has 1 aliphatic carbocycles. The fraction of sp³-hybridized carbons (Fsp3) is 1.00. The molecule has 0 aromatic carbocycles. The summed E-state index contributed by atoms with van der Waals surface area (Å²) in [5.41, 5.74) is 0. The van der Waals surface area contributed by atoms with Crippen LogP contribution in [0, 0.1) is 16.7 Å². The molecule has 0 amide bonds. The Kier molecular flexibility index (Phi) is 4.29. The summed E-state index contributed by atoms with van der Waals surface area (Å²) in [4.78, 5) is 12.8. The van der Waals surface area contributed by atoms with Crippen LogP contribution in [0.25, 0.3) is 0 Å². The van der Waals surface area contributed by atoms with Gasteiger partial charge in [-0.3, -0.25) is 0 Å². The van der Waals surface area contributed by atoms with Crippen LogP contribution in [-0.4, -0.2) is 42.3 Å². The van der Waals surface area contributed by atoms with Crippen molar-refractivity contribution >= 4 is 0 Å². The first-order valence-corrected chi connectivity index (χ1v) is 6.47.